The SMILES string of the molecule is COC1CN(C(c2ccc(C)o2)C(C)N)CCC1C. The van der Waals surface area contributed by atoms with Crippen molar-refractivity contribution in [2.45, 2.75) is 45.4 Å². The van der Waals surface area contributed by atoms with Crippen LogP contribution in [0.1, 0.15) is 37.8 Å². The summed E-state index contributed by atoms with van der Waals surface area (Å²) in [6.45, 7) is 8.24. The van der Waals surface area contributed by atoms with E-state index in [-0.39, 0.29) is 18.2 Å². The molecule has 0 radical (unpaired) electrons. The summed E-state index contributed by atoms with van der Waals surface area (Å²) in [6.07, 6.45) is 1.42. The third kappa shape index (κ3) is 3.19. The standard InChI is InChI=1S/C15H26N2O2/c1-10-7-8-17(9-14(10)18-4)15(12(3)16)13-6-5-11(2)19-13/h5-6,10,12,14-15H,7-9,16H2,1-4H3. The molecule has 1 aromatic rings. The van der Waals surface area contributed by atoms with Crippen molar-refractivity contribution in [1.29, 1.82) is 0 Å². The number of ether oxygens (including phenoxy) is 1. The van der Waals surface area contributed by atoms with Crippen molar-refractivity contribution in [3.05, 3.63) is 23.7 Å². The number of rotatable bonds is 4. The minimum atomic E-state index is 0.0384. The number of furan rings is 1. The lowest BCUT2D eigenvalue weighted by atomic mass is 9.93. The monoisotopic (exact) mass is 266 g/mol. The van der Waals surface area contributed by atoms with Gasteiger partial charge in [0.2, 0.25) is 0 Å². The molecule has 1 aliphatic rings. The predicted octanol–water partition coefficient (Wildman–Crippen LogP) is 2.33. The lowest BCUT2D eigenvalue weighted by Gasteiger charge is -2.41. The Balaban J connectivity index is 2.16. The van der Waals surface area contributed by atoms with E-state index >= 15 is 0 Å². The van der Waals surface area contributed by atoms with E-state index in [0.29, 0.717) is 5.92 Å². The van der Waals surface area contributed by atoms with Gasteiger partial charge in [-0.3, -0.25) is 4.90 Å². The van der Waals surface area contributed by atoms with Gasteiger partial charge < -0.3 is 14.9 Å². The molecule has 1 aromatic heterocycles. The molecular weight excluding hydrogens is 240 g/mol. The topological polar surface area (TPSA) is 51.6 Å². The summed E-state index contributed by atoms with van der Waals surface area (Å²) in [5.41, 5.74) is 6.19. The lowest BCUT2D eigenvalue weighted by molar-refractivity contribution is -0.0256. The molecule has 1 aliphatic heterocycles. The highest BCUT2D eigenvalue weighted by molar-refractivity contribution is 5.12. The predicted molar refractivity (Wildman–Crippen MR) is 76.0 cm³/mol. The number of piperidine rings is 1. The molecular formula is C15H26N2O2. The zero-order valence-corrected chi connectivity index (χ0v) is 12.4. The van der Waals surface area contributed by atoms with Crippen LogP contribution >= 0.6 is 0 Å². The van der Waals surface area contributed by atoms with E-state index in [2.05, 4.69) is 11.8 Å². The minimum Gasteiger partial charge on any atom is -0.465 e. The van der Waals surface area contributed by atoms with Gasteiger partial charge in [-0.05, 0) is 44.9 Å². The second kappa shape index (κ2) is 6.07. The summed E-state index contributed by atoms with van der Waals surface area (Å²) in [5, 5.41) is 0. The summed E-state index contributed by atoms with van der Waals surface area (Å²) < 4.78 is 11.4. The van der Waals surface area contributed by atoms with Gasteiger partial charge in [0.1, 0.15) is 11.5 Å². The van der Waals surface area contributed by atoms with Gasteiger partial charge in [-0.2, -0.15) is 0 Å². The number of hydrogen-bond donors (Lipinski definition) is 1. The van der Waals surface area contributed by atoms with Crippen LogP contribution in [-0.4, -0.2) is 37.2 Å². The van der Waals surface area contributed by atoms with E-state index < -0.39 is 0 Å². The fourth-order valence-electron chi connectivity index (χ4n) is 3.00. The molecule has 2 N–H and O–H groups in total. The van der Waals surface area contributed by atoms with Crippen LogP contribution in [0.5, 0.6) is 0 Å². The first-order valence-electron chi connectivity index (χ1n) is 7.11. The van der Waals surface area contributed by atoms with E-state index in [4.69, 9.17) is 14.9 Å². The molecule has 0 aromatic carbocycles. The third-order valence-electron chi connectivity index (χ3n) is 4.17. The first-order chi connectivity index (χ1) is 9.02. The molecule has 108 valence electrons. The summed E-state index contributed by atoms with van der Waals surface area (Å²) >= 11 is 0. The van der Waals surface area contributed by atoms with Gasteiger partial charge >= 0.3 is 0 Å². The van der Waals surface area contributed by atoms with E-state index in [1.54, 1.807) is 7.11 Å². The molecule has 4 nitrogen and oxygen atoms in total. The molecule has 2 heterocycles. The first-order valence-corrected chi connectivity index (χ1v) is 7.11. The Bertz CT molecular complexity index is 403. The van der Waals surface area contributed by atoms with Crippen LogP contribution in [0.25, 0.3) is 0 Å². The maximum Gasteiger partial charge on any atom is 0.122 e. The van der Waals surface area contributed by atoms with Crippen molar-refractivity contribution >= 4 is 0 Å². The maximum atomic E-state index is 6.19. The molecule has 4 heteroatoms. The quantitative estimate of drug-likeness (QED) is 0.908. The van der Waals surface area contributed by atoms with Crippen LogP contribution in [0, 0.1) is 12.8 Å². The highest BCUT2D eigenvalue weighted by atomic mass is 16.5. The summed E-state index contributed by atoms with van der Waals surface area (Å²) in [7, 11) is 1.79. The number of aryl methyl sites for hydroxylation is 1. The minimum absolute atomic E-state index is 0.0384. The van der Waals surface area contributed by atoms with Crippen LogP contribution in [0.15, 0.2) is 16.5 Å². The average Bonchev–Trinajstić information content (AvgIpc) is 2.77. The Morgan fingerprint density at radius 2 is 2.21 bits per heavy atom. The van der Waals surface area contributed by atoms with Crippen LogP contribution in [-0.2, 0) is 4.74 Å². The molecule has 0 bridgehead atoms. The zero-order chi connectivity index (χ0) is 14.0. The lowest BCUT2D eigenvalue weighted by Crippen LogP contribution is -2.49. The first kappa shape index (κ1) is 14.6. The molecule has 19 heavy (non-hydrogen) atoms. The number of hydrogen-bond acceptors (Lipinski definition) is 4. The number of nitrogens with zero attached hydrogens (tertiary/aromatic N) is 1. The highest BCUT2D eigenvalue weighted by Crippen LogP contribution is 2.30. The zero-order valence-electron chi connectivity index (χ0n) is 12.4. The normalized spacial score (nSPS) is 28.3. The Labute approximate surface area is 115 Å². The molecule has 1 saturated heterocycles. The van der Waals surface area contributed by atoms with E-state index in [1.165, 1.54) is 0 Å². The largest absolute Gasteiger partial charge is 0.465 e. The molecule has 0 spiro atoms. The summed E-state index contributed by atoms with van der Waals surface area (Å²) in [6, 6.07) is 4.23. The van der Waals surface area contributed by atoms with Crippen LogP contribution < -0.4 is 5.73 Å². The van der Waals surface area contributed by atoms with Crippen LogP contribution in [0.4, 0.5) is 0 Å². The molecule has 4 unspecified atom stereocenters. The van der Waals surface area contributed by atoms with Gasteiger partial charge in [0.05, 0.1) is 12.1 Å². The Morgan fingerprint density at radius 3 is 2.74 bits per heavy atom. The van der Waals surface area contributed by atoms with E-state index in [1.807, 2.05) is 26.0 Å². The second-order valence-corrected chi connectivity index (χ2v) is 5.79. The molecule has 0 saturated carbocycles. The molecule has 1 fully saturated rings. The Morgan fingerprint density at radius 1 is 1.47 bits per heavy atom. The smallest absolute Gasteiger partial charge is 0.122 e. The summed E-state index contributed by atoms with van der Waals surface area (Å²) in [5.74, 6) is 2.51. The van der Waals surface area contributed by atoms with Gasteiger partial charge in [0.25, 0.3) is 0 Å². The number of methoxy groups -OCH3 is 1. The van der Waals surface area contributed by atoms with E-state index in [9.17, 15) is 0 Å². The van der Waals surface area contributed by atoms with Crippen molar-refractivity contribution < 1.29 is 9.15 Å². The van der Waals surface area contributed by atoms with E-state index in [0.717, 1.165) is 31.0 Å². The number of nitrogens with two attached hydrogens (primary N) is 1. The molecule has 4 atom stereocenters. The number of likely N-dealkylation sites (tertiary alicyclic amines) is 1. The van der Waals surface area contributed by atoms with Crippen molar-refractivity contribution in [3.63, 3.8) is 0 Å². The fourth-order valence-corrected chi connectivity index (χ4v) is 3.00. The fraction of sp³-hybridized carbons (Fsp3) is 0.733. The van der Waals surface area contributed by atoms with Gasteiger partial charge in [-0.25, -0.2) is 0 Å². The third-order valence-corrected chi connectivity index (χ3v) is 4.17. The molecule has 0 amide bonds. The Hall–Kier alpha value is -0.840. The van der Waals surface area contributed by atoms with Gasteiger partial charge in [-0.15, -0.1) is 0 Å². The van der Waals surface area contributed by atoms with Crippen molar-refractivity contribution in [2.24, 2.45) is 11.7 Å². The van der Waals surface area contributed by atoms with Gasteiger partial charge in [-0.1, -0.05) is 6.92 Å². The highest BCUT2D eigenvalue weighted by Gasteiger charge is 2.33. The van der Waals surface area contributed by atoms with Gasteiger partial charge in [0, 0.05) is 19.7 Å². The molecule has 2 rings (SSSR count). The Kier molecular flexibility index (Phi) is 4.66. The second-order valence-electron chi connectivity index (χ2n) is 5.79. The molecule has 0 aliphatic carbocycles. The van der Waals surface area contributed by atoms with Crippen molar-refractivity contribution in [2.75, 3.05) is 20.2 Å². The summed E-state index contributed by atoms with van der Waals surface area (Å²) in [4.78, 5) is 2.40. The van der Waals surface area contributed by atoms with Crippen molar-refractivity contribution in [3.8, 4) is 0 Å². The van der Waals surface area contributed by atoms with Crippen molar-refractivity contribution in [1.82, 2.24) is 4.90 Å². The maximum absolute atomic E-state index is 6.19. The van der Waals surface area contributed by atoms with Crippen LogP contribution in [0.2, 0.25) is 0 Å². The van der Waals surface area contributed by atoms with Gasteiger partial charge in [0.15, 0.2) is 0 Å². The average molecular weight is 266 g/mol. The van der Waals surface area contributed by atoms with Crippen LogP contribution in [0.3, 0.4) is 0 Å².